The topological polar surface area (TPSA) is 0 Å². The molecule has 0 heterocycles. The summed E-state index contributed by atoms with van der Waals surface area (Å²) in [5.41, 5.74) is 0.629. The van der Waals surface area contributed by atoms with Crippen LogP contribution in [-0.2, 0) is 0 Å². The van der Waals surface area contributed by atoms with E-state index >= 15 is 0 Å². The third-order valence-electron chi connectivity index (χ3n) is 2.51. The van der Waals surface area contributed by atoms with Crippen LogP contribution in [0.15, 0.2) is 11.1 Å². The van der Waals surface area contributed by atoms with E-state index < -0.39 is 0 Å². The molecule has 0 amide bonds. The van der Waals surface area contributed by atoms with Crippen molar-refractivity contribution in [2.45, 2.75) is 39.0 Å². The Morgan fingerprint density at radius 1 is 1.40 bits per heavy atom. The highest BCUT2D eigenvalue weighted by atomic mass is 79.9. The Kier molecular flexibility index (Phi) is 2.96. The molecule has 10 heavy (non-hydrogen) atoms. The predicted molar refractivity (Wildman–Crippen MR) is 49.3 cm³/mol. The lowest BCUT2D eigenvalue weighted by atomic mass is 9.85. The normalized spacial score (nSPS) is 24.2. The van der Waals surface area contributed by atoms with Crippen molar-refractivity contribution in [1.82, 2.24) is 0 Å². The molecule has 0 radical (unpaired) electrons. The second-order valence-electron chi connectivity index (χ2n) is 3.58. The first-order valence-electron chi connectivity index (χ1n) is 4.02. The molecule has 0 bridgehead atoms. The van der Waals surface area contributed by atoms with Gasteiger partial charge in [-0.15, -0.1) is 0 Å². The molecular weight excluding hydrogens is 188 g/mol. The number of halogens is 1. The highest BCUT2D eigenvalue weighted by molar-refractivity contribution is 9.11. The van der Waals surface area contributed by atoms with Crippen LogP contribution in [0.3, 0.4) is 0 Å². The number of rotatable bonds is 2. The van der Waals surface area contributed by atoms with E-state index in [-0.39, 0.29) is 0 Å². The number of hydrogen-bond donors (Lipinski definition) is 0. The molecule has 0 atom stereocenters. The van der Waals surface area contributed by atoms with Crippen molar-refractivity contribution in [2.75, 3.05) is 0 Å². The molecule has 1 aliphatic carbocycles. The minimum Gasteiger partial charge on any atom is -0.0771 e. The average Bonchev–Trinajstić information content (AvgIpc) is 2.33. The molecule has 1 aliphatic rings. The maximum atomic E-state index is 3.30. The summed E-state index contributed by atoms with van der Waals surface area (Å²) in [6, 6.07) is 0. The summed E-state index contributed by atoms with van der Waals surface area (Å²) in [6.07, 6.45) is 9.19. The molecule has 1 saturated carbocycles. The largest absolute Gasteiger partial charge is 0.0771 e. The van der Waals surface area contributed by atoms with Crippen molar-refractivity contribution in [3.8, 4) is 0 Å². The zero-order valence-corrected chi connectivity index (χ0v) is 8.15. The zero-order chi connectivity index (χ0) is 7.45. The molecule has 0 aromatic heterocycles. The first-order chi connectivity index (χ1) is 4.77. The molecular formula is C9H15Br. The fourth-order valence-electron chi connectivity index (χ4n) is 1.76. The average molecular weight is 203 g/mol. The first-order valence-corrected chi connectivity index (χ1v) is 4.94. The zero-order valence-electron chi connectivity index (χ0n) is 6.57. The van der Waals surface area contributed by atoms with Crippen LogP contribution in [0.4, 0.5) is 0 Å². The Bertz CT molecular complexity index is 121. The fraction of sp³-hybridized carbons (Fsp3) is 0.778. The van der Waals surface area contributed by atoms with Gasteiger partial charge in [0, 0.05) is 0 Å². The van der Waals surface area contributed by atoms with Crippen molar-refractivity contribution in [2.24, 2.45) is 5.41 Å². The van der Waals surface area contributed by atoms with Crippen LogP contribution >= 0.6 is 15.9 Å². The third kappa shape index (κ3) is 2.12. The van der Waals surface area contributed by atoms with Crippen LogP contribution in [0.1, 0.15) is 39.0 Å². The van der Waals surface area contributed by atoms with Gasteiger partial charge in [0.15, 0.2) is 0 Å². The molecule has 1 fully saturated rings. The van der Waals surface area contributed by atoms with Gasteiger partial charge < -0.3 is 0 Å². The van der Waals surface area contributed by atoms with Crippen molar-refractivity contribution in [3.63, 3.8) is 0 Å². The van der Waals surface area contributed by atoms with E-state index in [1.165, 1.54) is 32.1 Å². The van der Waals surface area contributed by atoms with Crippen molar-refractivity contribution < 1.29 is 0 Å². The van der Waals surface area contributed by atoms with Gasteiger partial charge >= 0.3 is 0 Å². The van der Waals surface area contributed by atoms with E-state index in [2.05, 4.69) is 28.9 Å². The maximum absolute atomic E-state index is 3.30. The van der Waals surface area contributed by atoms with Gasteiger partial charge in [0.1, 0.15) is 0 Å². The van der Waals surface area contributed by atoms with Crippen LogP contribution in [0.25, 0.3) is 0 Å². The lowest BCUT2D eigenvalue weighted by molar-refractivity contribution is 0.342. The van der Waals surface area contributed by atoms with Gasteiger partial charge in [-0.1, -0.05) is 41.8 Å². The molecule has 0 unspecified atom stereocenters. The van der Waals surface area contributed by atoms with Crippen molar-refractivity contribution in [1.29, 1.82) is 0 Å². The molecule has 0 saturated heterocycles. The molecule has 0 aromatic carbocycles. The summed E-state index contributed by atoms with van der Waals surface area (Å²) < 4.78 is 0. The van der Waals surface area contributed by atoms with Crippen LogP contribution < -0.4 is 0 Å². The summed E-state index contributed by atoms with van der Waals surface area (Å²) in [6.45, 7) is 2.40. The van der Waals surface area contributed by atoms with Crippen molar-refractivity contribution in [3.05, 3.63) is 11.1 Å². The van der Waals surface area contributed by atoms with Crippen LogP contribution in [0.5, 0.6) is 0 Å². The quantitative estimate of drug-likeness (QED) is 0.639. The summed E-state index contributed by atoms with van der Waals surface area (Å²) in [4.78, 5) is 1.98. The van der Waals surface area contributed by atoms with Gasteiger partial charge in [-0.2, -0.15) is 0 Å². The molecule has 0 nitrogen and oxygen atoms in total. The van der Waals surface area contributed by atoms with E-state index in [9.17, 15) is 0 Å². The van der Waals surface area contributed by atoms with Crippen LogP contribution in [0.2, 0.25) is 0 Å². The number of hydrogen-bond acceptors (Lipinski definition) is 0. The van der Waals surface area contributed by atoms with E-state index in [0.717, 1.165) is 0 Å². The molecule has 0 spiro atoms. The molecule has 1 heteroatoms. The van der Waals surface area contributed by atoms with E-state index in [4.69, 9.17) is 0 Å². The van der Waals surface area contributed by atoms with E-state index in [1.807, 2.05) is 4.99 Å². The number of allylic oxidation sites excluding steroid dienone is 1. The van der Waals surface area contributed by atoms with E-state index in [1.54, 1.807) is 0 Å². The Hall–Kier alpha value is 0.220. The lowest BCUT2D eigenvalue weighted by Gasteiger charge is -2.20. The minimum atomic E-state index is 0.629. The summed E-state index contributed by atoms with van der Waals surface area (Å²) in [5.74, 6) is 0. The maximum Gasteiger partial charge on any atom is -0.0229 e. The van der Waals surface area contributed by atoms with Gasteiger partial charge in [0.05, 0.1) is 0 Å². The molecule has 0 aliphatic heterocycles. The van der Waals surface area contributed by atoms with Crippen molar-refractivity contribution >= 4 is 15.9 Å². The van der Waals surface area contributed by atoms with Gasteiger partial charge in [-0.25, -0.2) is 0 Å². The standard InChI is InChI=1S/C9H15Br/c1-9(7-4-8-10)5-2-3-6-9/h4,8H,2-3,5-7H2,1H3/b8-4+. The Labute approximate surface area is 71.8 Å². The Morgan fingerprint density at radius 2 is 2.00 bits per heavy atom. The minimum absolute atomic E-state index is 0.629. The second kappa shape index (κ2) is 3.56. The highest BCUT2D eigenvalue weighted by Crippen LogP contribution is 2.40. The Balaban J connectivity index is 2.35. The summed E-state index contributed by atoms with van der Waals surface area (Å²) in [5, 5.41) is 0. The van der Waals surface area contributed by atoms with Gasteiger partial charge in [0.25, 0.3) is 0 Å². The fourth-order valence-corrected chi connectivity index (χ4v) is 1.95. The third-order valence-corrected chi connectivity index (χ3v) is 2.88. The SMILES string of the molecule is CC1(C/C=C/Br)CCCC1. The second-order valence-corrected chi connectivity index (χ2v) is 4.11. The summed E-state index contributed by atoms with van der Waals surface area (Å²) in [7, 11) is 0. The Morgan fingerprint density at radius 3 is 2.50 bits per heavy atom. The van der Waals surface area contributed by atoms with E-state index in [0.29, 0.717) is 5.41 Å². The molecule has 58 valence electrons. The monoisotopic (exact) mass is 202 g/mol. The van der Waals surface area contributed by atoms with Gasteiger partial charge in [0.2, 0.25) is 0 Å². The first kappa shape index (κ1) is 8.32. The summed E-state index contributed by atoms with van der Waals surface area (Å²) >= 11 is 3.30. The lowest BCUT2D eigenvalue weighted by Crippen LogP contribution is -2.08. The highest BCUT2D eigenvalue weighted by Gasteiger charge is 2.26. The predicted octanol–water partition coefficient (Wildman–Crippen LogP) is 3.87. The van der Waals surface area contributed by atoms with Crippen LogP contribution in [-0.4, -0.2) is 0 Å². The molecule has 1 rings (SSSR count). The van der Waals surface area contributed by atoms with Gasteiger partial charge in [-0.05, 0) is 29.7 Å². The molecule has 0 aromatic rings. The van der Waals surface area contributed by atoms with Gasteiger partial charge in [-0.3, -0.25) is 0 Å². The molecule has 0 N–H and O–H groups in total. The smallest absolute Gasteiger partial charge is 0.0229 e. The van der Waals surface area contributed by atoms with Crippen LogP contribution in [0, 0.1) is 5.41 Å².